The van der Waals surface area contributed by atoms with E-state index in [1.54, 1.807) is 19.1 Å². The van der Waals surface area contributed by atoms with Crippen molar-refractivity contribution in [1.82, 2.24) is 0 Å². The van der Waals surface area contributed by atoms with Crippen molar-refractivity contribution in [3.8, 4) is 0 Å². The van der Waals surface area contributed by atoms with E-state index in [4.69, 9.17) is 0 Å². The van der Waals surface area contributed by atoms with Gasteiger partial charge < -0.3 is 4.74 Å². The fourth-order valence-corrected chi connectivity index (χ4v) is 2.23. The van der Waals surface area contributed by atoms with Gasteiger partial charge in [-0.25, -0.2) is 17.6 Å². The van der Waals surface area contributed by atoms with Crippen molar-refractivity contribution in [3.05, 3.63) is 182 Å². The van der Waals surface area contributed by atoms with E-state index in [2.05, 4.69) is 70.5 Å². The summed E-state index contributed by atoms with van der Waals surface area (Å²) in [6, 6.07) is 0. The van der Waals surface area contributed by atoms with Crippen LogP contribution in [0.25, 0.3) is 0 Å². The molecule has 0 aromatic rings. The van der Waals surface area contributed by atoms with Gasteiger partial charge in [-0.05, 0) is 47.4 Å². The molecule has 0 spiro atoms. The van der Waals surface area contributed by atoms with Crippen LogP contribution in [0, 0.1) is 0 Å². The fourth-order valence-electron chi connectivity index (χ4n) is 2.23. The van der Waals surface area contributed by atoms with Gasteiger partial charge in [0.2, 0.25) is 0 Å². The molecule has 7 heteroatoms. The first kappa shape index (κ1) is 34.5. The SMILES string of the molecule is C=C(C)/C=C\C(=C)C(=C)/C=C(/F)C(=C)C(=C)/C=C(/F)C(=C)C(F)(F)OC(=C)/C=C(/F)C(=C)C(=C)/C=C\C(=C)F. The van der Waals surface area contributed by atoms with E-state index in [0.717, 1.165) is 23.8 Å². The fraction of sp³-hybridized carbons (Fsp3) is 0.0625. The van der Waals surface area contributed by atoms with Crippen LogP contribution >= 0.6 is 0 Å². The molecule has 0 saturated carbocycles. The quantitative estimate of drug-likeness (QED) is 0.107. The van der Waals surface area contributed by atoms with Gasteiger partial charge in [0.05, 0.1) is 5.57 Å². The molecule has 0 aliphatic carbocycles. The van der Waals surface area contributed by atoms with Crippen LogP contribution in [0.4, 0.5) is 26.3 Å². The molecule has 0 unspecified atom stereocenters. The summed E-state index contributed by atoms with van der Waals surface area (Å²) >= 11 is 0. The molecule has 0 aromatic heterocycles. The number of halogens is 6. The molecule has 0 aromatic carbocycles. The lowest BCUT2D eigenvalue weighted by molar-refractivity contribution is -0.177. The Hall–Kier alpha value is -4.52. The summed E-state index contributed by atoms with van der Waals surface area (Å²) in [6.07, 6.45) is 2.63. The molecule has 0 rings (SSSR count). The smallest absolute Gasteiger partial charge is 0.428 e. The van der Waals surface area contributed by atoms with E-state index in [9.17, 15) is 26.3 Å². The second-order valence-electron chi connectivity index (χ2n) is 8.06. The maximum absolute atomic E-state index is 14.6. The monoisotopic (exact) mass is 544 g/mol. The zero-order valence-corrected chi connectivity index (χ0v) is 21.8. The summed E-state index contributed by atoms with van der Waals surface area (Å²) in [5.41, 5.74) is -1.50. The van der Waals surface area contributed by atoms with Crippen LogP contribution in [0.1, 0.15) is 6.92 Å². The first-order chi connectivity index (χ1) is 17.8. The van der Waals surface area contributed by atoms with E-state index < -0.39 is 51.9 Å². The molecule has 0 heterocycles. The third kappa shape index (κ3) is 12.0. The molecule has 0 atom stereocenters. The highest BCUT2D eigenvalue weighted by Gasteiger charge is 2.38. The molecule has 0 fully saturated rings. The maximum atomic E-state index is 14.6. The highest BCUT2D eigenvalue weighted by atomic mass is 19.3. The molecular weight excluding hydrogens is 514 g/mol. The number of alkyl halides is 2. The molecule has 1 nitrogen and oxygen atoms in total. The Kier molecular flexibility index (Phi) is 13.3. The minimum Gasteiger partial charge on any atom is -0.429 e. The molecule has 0 radical (unpaired) electrons. The lowest BCUT2D eigenvalue weighted by Crippen LogP contribution is -2.23. The Balaban J connectivity index is 5.54. The van der Waals surface area contributed by atoms with E-state index in [-0.39, 0.29) is 16.7 Å². The maximum Gasteiger partial charge on any atom is 0.428 e. The van der Waals surface area contributed by atoms with Crippen LogP contribution in [-0.2, 0) is 4.74 Å². The summed E-state index contributed by atoms with van der Waals surface area (Å²) < 4.78 is 89.3. The lowest BCUT2D eigenvalue weighted by atomic mass is 10.0. The lowest BCUT2D eigenvalue weighted by Gasteiger charge is -2.19. The van der Waals surface area contributed by atoms with Crippen LogP contribution in [0.2, 0.25) is 0 Å². The summed E-state index contributed by atoms with van der Waals surface area (Å²) in [4.78, 5) is 0. The molecule has 0 aliphatic heterocycles. The summed E-state index contributed by atoms with van der Waals surface area (Å²) in [5, 5.41) is 0. The predicted molar refractivity (Wildman–Crippen MR) is 150 cm³/mol. The summed E-state index contributed by atoms with van der Waals surface area (Å²) in [7, 11) is 0. The second kappa shape index (κ2) is 15.0. The van der Waals surface area contributed by atoms with Crippen molar-refractivity contribution < 1.29 is 31.1 Å². The molecule has 0 saturated heterocycles. The van der Waals surface area contributed by atoms with E-state index >= 15 is 0 Å². The molecular formula is C32H30F6O. The van der Waals surface area contributed by atoms with Gasteiger partial charge in [-0.1, -0.05) is 89.6 Å². The normalized spacial score (nSPS) is 12.7. The van der Waals surface area contributed by atoms with Gasteiger partial charge in [-0.3, -0.25) is 0 Å². The molecule has 0 N–H and O–H groups in total. The Morgan fingerprint density at radius 2 is 1.03 bits per heavy atom. The first-order valence-electron chi connectivity index (χ1n) is 10.9. The average molecular weight is 545 g/mol. The van der Waals surface area contributed by atoms with Crippen molar-refractivity contribution in [1.29, 1.82) is 0 Å². The standard InChI is InChI=1S/C32H30F6O/c1-19(2)12-13-20(3)22(5)16-29(34)27(10)23(6)17-31(36)28(11)32(37,38)39-25(8)18-30(35)26(9)21(4)14-15-24(7)33/h12-18H,1,3-11H2,2H3/b13-12-,15-14-,29-16+,30-18+,31-17+. The Morgan fingerprint density at radius 1 is 0.564 bits per heavy atom. The van der Waals surface area contributed by atoms with E-state index in [0.29, 0.717) is 17.7 Å². The van der Waals surface area contributed by atoms with Gasteiger partial charge >= 0.3 is 6.11 Å². The van der Waals surface area contributed by atoms with Crippen LogP contribution in [0.3, 0.4) is 0 Å². The molecule has 0 bridgehead atoms. The third-order valence-electron chi connectivity index (χ3n) is 4.59. The van der Waals surface area contributed by atoms with Gasteiger partial charge in [-0.15, -0.1) is 0 Å². The van der Waals surface area contributed by atoms with Crippen LogP contribution in [0.5, 0.6) is 0 Å². The van der Waals surface area contributed by atoms with Crippen LogP contribution in [-0.4, -0.2) is 6.11 Å². The number of hydrogen-bond donors (Lipinski definition) is 0. The van der Waals surface area contributed by atoms with Gasteiger partial charge in [0.1, 0.15) is 29.1 Å². The minimum absolute atomic E-state index is 0.0864. The third-order valence-corrected chi connectivity index (χ3v) is 4.59. The van der Waals surface area contributed by atoms with E-state index in [1.165, 1.54) is 0 Å². The van der Waals surface area contributed by atoms with Crippen molar-refractivity contribution in [2.24, 2.45) is 0 Å². The Bertz CT molecular complexity index is 1310. The highest BCUT2D eigenvalue weighted by Crippen LogP contribution is 2.35. The molecule has 0 aliphatic rings. The molecule has 0 amide bonds. The van der Waals surface area contributed by atoms with Gasteiger partial charge in [0.25, 0.3) is 0 Å². The largest absolute Gasteiger partial charge is 0.429 e. The Labute approximate surface area is 226 Å². The van der Waals surface area contributed by atoms with Gasteiger partial charge in [0.15, 0.2) is 0 Å². The zero-order chi connectivity index (χ0) is 30.7. The average Bonchev–Trinajstić information content (AvgIpc) is 2.83. The summed E-state index contributed by atoms with van der Waals surface area (Å²) in [6.45, 7) is 35.5. The molecule has 39 heavy (non-hydrogen) atoms. The first-order valence-corrected chi connectivity index (χ1v) is 10.9. The second-order valence-corrected chi connectivity index (χ2v) is 8.06. The van der Waals surface area contributed by atoms with Gasteiger partial charge in [-0.2, -0.15) is 8.78 Å². The van der Waals surface area contributed by atoms with Crippen molar-refractivity contribution in [2.75, 3.05) is 0 Å². The van der Waals surface area contributed by atoms with Crippen molar-refractivity contribution in [2.45, 2.75) is 13.0 Å². The minimum atomic E-state index is -4.39. The Morgan fingerprint density at radius 3 is 1.54 bits per heavy atom. The predicted octanol–water partition coefficient (Wildman–Crippen LogP) is 10.7. The number of hydrogen-bond acceptors (Lipinski definition) is 1. The van der Waals surface area contributed by atoms with Crippen molar-refractivity contribution in [3.63, 3.8) is 0 Å². The number of rotatable bonds is 16. The summed E-state index contributed by atoms with van der Waals surface area (Å²) in [5.74, 6) is -5.51. The number of ether oxygens (including phenoxy) is 1. The molecule has 206 valence electrons. The number of allylic oxidation sites excluding steroid dienone is 17. The van der Waals surface area contributed by atoms with Crippen molar-refractivity contribution >= 4 is 0 Å². The zero-order valence-electron chi connectivity index (χ0n) is 21.8. The highest BCUT2D eigenvalue weighted by molar-refractivity contribution is 5.53. The topological polar surface area (TPSA) is 9.23 Å². The van der Waals surface area contributed by atoms with E-state index in [1.807, 2.05) is 0 Å². The van der Waals surface area contributed by atoms with Crippen LogP contribution < -0.4 is 0 Å². The van der Waals surface area contributed by atoms with Gasteiger partial charge in [0, 0.05) is 17.2 Å². The van der Waals surface area contributed by atoms with Crippen LogP contribution in [0.15, 0.2) is 182 Å².